The van der Waals surface area contributed by atoms with Gasteiger partial charge in [-0.15, -0.1) is 0 Å². The first-order valence-corrected chi connectivity index (χ1v) is 6.99. The first-order valence-electron chi connectivity index (χ1n) is 5.82. The molecule has 1 aromatic heterocycles. The van der Waals surface area contributed by atoms with Gasteiger partial charge in [-0.05, 0) is 26.0 Å². The van der Waals surface area contributed by atoms with Crippen LogP contribution in [0.15, 0.2) is 22.7 Å². The Hall–Kier alpha value is -1.07. The molecule has 3 nitrogen and oxygen atoms in total. The van der Waals surface area contributed by atoms with Crippen LogP contribution in [-0.4, -0.2) is 9.78 Å². The quantitative estimate of drug-likeness (QED) is 0.822. The molecule has 19 heavy (non-hydrogen) atoms. The summed E-state index contributed by atoms with van der Waals surface area (Å²) in [5, 5.41) is 4.89. The maximum atomic E-state index is 13.2. The lowest BCUT2D eigenvalue weighted by Gasteiger charge is -2.09. The van der Waals surface area contributed by atoms with Gasteiger partial charge in [0, 0.05) is 17.1 Å². The van der Waals surface area contributed by atoms with Gasteiger partial charge in [0.1, 0.15) is 18.2 Å². The molecule has 0 N–H and O–H groups in total. The molecule has 0 bridgehead atoms. The third-order valence-corrected chi connectivity index (χ3v) is 3.61. The van der Waals surface area contributed by atoms with Crippen LogP contribution in [0.5, 0.6) is 5.75 Å². The second-order valence-electron chi connectivity index (χ2n) is 4.06. The molecule has 0 saturated carbocycles. The second-order valence-corrected chi connectivity index (χ2v) is 5.35. The largest absolute Gasteiger partial charge is 0.487 e. The van der Waals surface area contributed by atoms with Crippen molar-refractivity contribution in [3.8, 4) is 5.75 Å². The normalized spacial score (nSPS) is 10.8. The van der Waals surface area contributed by atoms with Crippen molar-refractivity contribution in [2.24, 2.45) is 0 Å². The highest BCUT2D eigenvalue weighted by atomic mass is 79.9. The number of rotatable bonds is 4. The van der Waals surface area contributed by atoms with Crippen molar-refractivity contribution < 1.29 is 9.13 Å². The molecule has 0 spiro atoms. The van der Waals surface area contributed by atoms with Gasteiger partial charge in [-0.3, -0.25) is 4.68 Å². The molecule has 0 fully saturated rings. The summed E-state index contributed by atoms with van der Waals surface area (Å²) in [5.41, 5.74) is 1.56. The fourth-order valence-electron chi connectivity index (χ4n) is 1.77. The average Bonchev–Trinajstić information content (AvgIpc) is 2.62. The summed E-state index contributed by atoms with van der Waals surface area (Å²) >= 11 is 9.40. The highest BCUT2D eigenvalue weighted by Crippen LogP contribution is 2.24. The minimum atomic E-state index is -0.351. The summed E-state index contributed by atoms with van der Waals surface area (Å²) in [4.78, 5) is 0. The smallest absolute Gasteiger partial charge is 0.131 e. The standard InChI is InChI=1S/C13H13BrClFN2O/c1-3-18-12(13(15)8(2)17-18)7-19-11-5-9(14)4-10(16)6-11/h4-6H,3,7H2,1-2H3. The molecule has 0 unspecified atom stereocenters. The van der Waals surface area contributed by atoms with Crippen LogP contribution in [0.3, 0.4) is 0 Å². The SMILES string of the molecule is CCn1nc(C)c(Cl)c1COc1cc(F)cc(Br)c1. The van der Waals surface area contributed by atoms with Crippen LogP contribution in [0.2, 0.25) is 5.02 Å². The zero-order valence-electron chi connectivity index (χ0n) is 10.6. The van der Waals surface area contributed by atoms with E-state index >= 15 is 0 Å². The molecule has 1 aromatic carbocycles. The Morgan fingerprint density at radius 1 is 1.42 bits per heavy atom. The molecular formula is C13H13BrClFN2O. The van der Waals surface area contributed by atoms with E-state index in [9.17, 15) is 4.39 Å². The van der Waals surface area contributed by atoms with Gasteiger partial charge < -0.3 is 4.74 Å². The van der Waals surface area contributed by atoms with Gasteiger partial charge in [0.2, 0.25) is 0 Å². The molecular weight excluding hydrogens is 335 g/mol. The average molecular weight is 348 g/mol. The van der Waals surface area contributed by atoms with Crippen molar-refractivity contribution in [1.29, 1.82) is 0 Å². The number of halogens is 3. The highest BCUT2D eigenvalue weighted by Gasteiger charge is 2.13. The monoisotopic (exact) mass is 346 g/mol. The third-order valence-electron chi connectivity index (χ3n) is 2.66. The Morgan fingerprint density at radius 2 is 2.16 bits per heavy atom. The zero-order chi connectivity index (χ0) is 14.0. The number of nitrogens with zero attached hydrogens (tertiary/aromatic N) is 2. The second kappa shape index (κ2) is 5.92. The van der Waals surface area contributed by atoms with Gasteiger partial charge in [0.15, 0.2) is 0 Å². The van der Waals surface area contributed by atoms with Crippen LogP contribution in [-0.2, 0) is 13.2 Å². The van der Waals surface area contributed by atoms with Crippen molar-refractivity contribution in [2.75, 3.05) is 0 Å². The van der Waals surface area contributed by atoms with Crippen LogP contribution in [0.1, 0.15) is 18.3 Å². The van der Waals surface area contributed by atoms with E-state index in [4.69, 9.17) is 16.3 Å². The van der Waals surface area contributed by atoms with Crippen molar-refractivity contribution in [3.05, 3.63) is 44.9 Å². The van der Waals surface area contributed by atoms with E-state index in [1.807, 2.05) is 13.8 Å². The highest BCUT2D eigenvalue weighted by molar-refractivity contribution is 9.10. The lowest BCUT2D eigenvalue weighted by Crippen LogP contribution is -2.06. The van der Waals surface area contributed by atoms with Crippen molar-refractivity contribution >= 4 is 27.5 Å². The predicted octanol–water partition coefficient (Wildman–Crippen LogP) is 4.35. The molecule has 0 aliphatic carbocycles. The van der Waals surface area contributed by atoms with Crippen LogP contribution in [0.25, 0.3) is 0 Å². The van der Waals surface area contributed by atoms with Crippen molar-refractivity contribution in [3.63, 3.8) is 0 Å². The van der Waals surface area contributed by atoms with Crippen LogP contribution in [0.4, 0.5) is 4.39 Å². The molecule has 0 aliphatic heterocycles. The molecule has 0 atom stereocenters. The summed E-state index contributed by atoms with van der Waals surface area (Å²) in [6.07, 6.45) is 0. The Bertz CT molecular complexity index is 580. The van der Waals surface area contributed by atoms with E-state index in [1.54, 1.807) is 10.7 Å². The minimum Gasteiger partial charge on any atom is -0.487 e. The number of benzene rings is 1. The van der Waals surface area contributed by atoms with Crippen LogP contribution < -0.4 is 4.74 Å². The van der Waals surface area contributed by atoms with E-state index in [1.165, 1.54) is 12.1 Å². The topological polar surface area (TPSA) is 27.1 Å². The minimum absolute atomic E-state index is 0.253. The van der Waals surface area contributed by atoms with E-state index in [-0.39, 0.29) is 12.4 Å². The van der Waals surface area contributed by atoms with Crippen LogP contribution >= 0.6 is 27.5 Å². The lowest BCUT2D eigenvalue weighted by molar-refractivity contribution is 0.291. The summed E-state index contributed by atoms with van der Waals surface area (Å²) in [7, 11) is 0. The molecule has 102 valence electrons. The number of hydrogen-bond acceptors (Lipinski definition) is 2. The van der Waals surface area contributed by atoms with Gasteiger partial charge >= 0.3 is 0 Å². The fourth-order valence-corrected chi connectivity index (χ4v) is 2.40. The van der Waals surface area contributed by atoms with Gasteiger partial charge in [0.25, 0.3) is 0 Å². The van der Waals surface area contributed by atoms with E-state index < -0.39 is 0 Å². The fraction of sp³-hybridized carbons (Fsp3) is 0.308. The number of aryl methyl sites for hydroxylation is 2. The Kier molecular flexibility index (Phi) is 4.47. The predicted molar refractivity (Wildman–Crippen MR) is 76.1 cm³/mol. The maximum absolute atomic E-state index is 13.2. The van der Waals surface area contributed by atoms with E-state index in [2.05, 4.69) is 21.0 Å². The summed E-state index contributed by atoms with van der Waals surface area (Å²) in [6.45, 7) is 4.78. The summed E-state index contributed by atoms with van der Waals surface area (Å²) < 4.78 is 21.2. The molecule has 0 aliphatic rings. The first kappa shape index (κ1) is 14.3. The molecule has 0 radical (unpaired) electrons. The number of ether oxygens (including phenoxy) is 1. The van der Waals surface area contributed by atoms with E-state index in [0.29, 0.717) is 21.8 Å². The van der Waals surface area contributed by atoms with Crippen molar-refractivity contribution in [2.45, 2.75) is 27.0 Å². The van der Waals surface area contributed by atoms with Gasteiger partial charge in [-0.1, -0.05) is 27.5 Å². The molecule has 0 amide bonds. The zero-order valence-corrected chi connectivity index (χ0v) is 12.9. The van der Waals surface area contributed by atoms with Gasteiger partial charge in [0.05, 0.1) is 16.4 Å². The molecule has 1 heterocycles. The molecule has 6 heteroatoms. The van der Waals surface area contributed by atoms with Gasteiger partial charge in [-0.2, -0.15) is 5.10 Å². The Morgan fingerprint density at radius 3 is 2.79 bits per heavy atom. The number of hydrogen-bond donors (Lipinski definition) is 0. The van der Waals surface area contributed by atoms with Gasteiger partial charge in [-0.25, -0.2) is 4.39 Å². The maximum Gasteiger partial charge on any atom is 0.131 e. The number of aromatic nitrogens is 2. The summed E-state index contributed by atoms with van der Waals surface area (Å²) in [6, 6.07) is 4.41. The molecule has 0 saturated heterocycles. The lowest BCUT2D eigenvalue weighted by atomic mass is 10.3. The molecule has 2 rings (SSSR count). The first-order chi connectivity index (χ1) is 9.01. The molecule has 2 aromatic rings. The Balaban J connectivity index is 2.18. The third kappa shape index (κ3) is 3.28. The Labute approximate surface area is 124 Å². The van der Waals surface area contributed by atoms with Crippen molar-refractivity contribution in [1.82, 2.24) is 9.78 Å². The van der Waals surface area contributed by atoms with Crippen LogP contribution in [0, 0.1) is 12.7 Å². The van der Waals surface area contributed by atoms with E-state index in [0.717, 1.165) is 11.4 Å². The summed E-state index contributed by atoms with van der Waals surface area (Å²) in [5.74, 6) is 0.0973.